The number of nitrogens with two attached hydrogens (primary N) is 2. The second kappa shape index (κ2) is 2.92. The van der Waals surface area contributed by atoms with Crippen molar-refractivity contribution in [1.82, 2.24) is 0 Å². The molecule has 2 unspecified atom stereocenters. The molecule has 0 radical (unpaired) electrons. The Morgan fingerprint density at radius 2 is 2.14 bits per heavy atom. The summed E-state index contributed by atoms with van der Waals surface area (Å²) in [7, 11) is 0. The molecule has 2 atom stereocenters. The van der Waals surface area contributed by atoms with Crippen molar-refractivity contribution in [2.45, 2.75) is 19.3 Å². The molecule has 44 valence electrons. The summed E-state index contributed by atoms with van der Waals surface area (Å²) in [5.74, 6) is 4.59. The van der Waals surface area contributed by atoms with Crippen molar-refractivity contribution < 1.29 is 9.94 Å². The van der Waals surface area contributed by atoms with Gasteiger partial charge in [-0.05, 0) is 6.92 Å². The molecule has 0 aliphatic heterocycles. The molecule has 0 fully saturated rings. The summed E-state index contributed by atoms with van der Waals surface area (Å²) in [6, 6.07) is 0. The number of hydrogen-bond acceptors (Lipinski definition) is 4. The Hall–Kier alpha value is -0.160. The Labute approximate surface area is 42.0 Å². The lowest BCUT2D eigenvalue weighted by molar-refractivity contribution is -0.0267. The third-order valence-corrected chi connectivity index (χ3v) is 0.633. The first-order valence-corrected chi connectivity index (χ1v) is 1.97. The summed E-state index contributed by atoms with van der Waals surface area (Å²) in [4.78, 5) is 4.04. The second-order valence-electron chi connectivity index (χ2n) is 1.34. The molecule has 0 amide bonds. The van der Waals surface area contributed by atoms with Gasteiger partial charge in [0.15, 0.2) is 6.23 Å². The molecule has 0 aliphatic rings. The number of aliphatic hydroxyl groups excluding tert-OH is 1. The fraction of sp³-hybridized carbons (Fsp3) is 1.00. The normalized spacial score (nSPS) is 18.9. The molecule has 0 aromatic heterocycles. The molecule has 7 heavy (non-hydrogen) atoms. The van der Waals surface area contributed by atoms with Crippen molar-refractivity contribution in [3.8, 4) is 0 Å². The minimum atomic E-state index is -0.764. The van der Waals surface area contributed by atoms with Gasteiger partial charge in [0.1, 0.15) is 0 Å². The fourth-order valence-corrected chi connectivity index (χ4v) is 0.114. The van der Waals surface area contributed by atoms with E-state index >= 15 is 0 Å². The van der Waals surface area contributed by atoms with E-state index in [0.29, 0.717) is 0 Å². The molecule has 0 saturated heterocycles. The van der Waals surface area contributed by atoms with Crippen LogP contribution >= 0.6 is 0 Å². The first kappa shape index (κ1) is 6.84. The lowest BCUT2D eigenvalue weighted by Gasteiger charge is -2.09. The van der Waals surface area contributed by atoms with Crippen molar-refractivity contribution in [3.05, 3.63) is 0 Å². The monoisotopic (exact) mass is 106 g/mol. The maximum Gasteiger partial charge on any atom is 0.152 e. The quantitative estimate of drug-likeness (QED) is 0.297. The van der Waals surface area contributed by atoms with Crippen LogP contribution in [-0.2, 0) is 4.84 Å². The summed E-state index contributed by atoms with van der Waals surface area (Å²) >= 11 is 0. The summed E-state index contributed by atoms with van der Waals surface area (Å²) in [6.07, 6.45) is -1.47. The molecule has 0 aromatic carbocycles. The van der Waals surface area contributed by atoms with Crippen LogP contribution in [0.25, 0.3) is 0 Å². The van der Waals surface area contributed by atoms with E-state index in [4.69, 9.17) is 10.8 Å². The van der Waals surface area contributed by atoms with Crippen LogP contribution in [0, 0.1) is 0 Å². The molecule has 0 bridgehead atoms. The highest BCUT2D eigenvalue weighted by molar-refractivity contribution is 4.51. The Kier molecular flexibility index (Phi) is 2.86. The van der Waals surface area contributed by atoms with Gasteiger partial charge in [0.05, 0.1) is 6.10 Å². The summed E-state index contributed by atoms with van der Waals surface area (Å²) < 4.78 is 0. The molecular formula is C3H10N2O2. The third-order valence-electron chi connectivity index (χ3n) is 0.633. The Morgan fingerprint density at radius 1 is 1.71 bits per heavy atom. The number of hydrogen-bond donors (Lipinski definition) is 3. The van der Waals surface area contributed by atoms with Crippen LogP contribution in [-0.4, -0.2) is 17.4 Å². The van der Waals surface area contributed by atoms with Gasteiger partial charge < -0.3 is 10.8 Å². The average molecular weight is 106 g/mol. The van der Waals surface area contributed by atoms with E-state index in [9.17, 15) is 0 Å². The van der Waals surface area contributed by atoms with Gasteiger partial charge >= 0.3 is 0 Å². The molecule has 5 N–H and O–H groups in total. The van der Waals surface area contributed by atoms with Crippen LogP contribution < -0.4 is 11.6 Å². The molecule has 0 aromatic rings. The van der Waals surface area contributed by atoms with E-state index in [1.54, 1.807) is 0 Å². The van der Waals surface area contributed by atoms with Gasteiger partial charge in [-0.1, -0.05) is 0 Å². The van der Waals surface area contributed by atoms with E-state index in [1.165, 1.54) is 6.92 Å². The first-order valence-electron chi connectivity index (χ1n) is 1.97. The van der Waals surface area contributed by atoms with Crippen molar-refractivity contribution in [3.63, 3.8) is 0 Å². The van der Waals surface area contributed by atoms with Crippen molar-refractivity contribution >= 4 is 0 Å². The average Bonchev–Trinajstić information content (AvgIpc) is 1.65. The van der Waals surface area contributed by atoms with Gasteiger partial charge in [-0.25, -0.2) is 5.90 Å². The molecule has 0 aliphatic carbocycles. The van der Waals surface area contributed by atoms with Crippen molar-refractivity contribution in [2.24, 2.45) is 11.6 Å². The standard InChI is InChI=1S/C3H10N2O2/c1-2(6)3(4)7-5/h2-3,6H,4-5H2,1H3. The highest BCUT2D eigenvalue weighted by Gasteiger charge is 2.05. The highest BCUT2D eigenvalue weighted by atomic mass is 16.6. The third kappa shape index (κ3) is 2.52. The van der Waals surface area contributed by atoms with Gasteiger partial charge in [-0.15, -0.1) is 0 Å². The van der Waals surface area contributed by atoms with Gasteiger partial charge in [0.2, 0.25) is 0 Å². The van der Waals surface area contributed by atoms with Crippen molar-refractivity contribution in [1.29, 1.82) is 0 Å². The fourth-order valence-electron chi connectivity index (χ4n) is 0.114. The predicted octanol–water partition coefficient (Wildman–Crippen LogP) is -1.46. The predicted molar refractivity (Wildman–Crippen MR) is 24.9 cm³/mol. The summed E-state index contributed by atoms with van der Waals surface area (Å²) in [5, 5.41) is 8.49. The lowest BCUT2D eigenvalue weighted by Crippen LogP contribution is -2.37. The molecule has 0 rings (SSSR count). The molecule has 0 heterocycles. The zero-order chi connectivity index (χ0) is 5.86. The van der Waals surface area contributed by atoms with E-state index in [1.807, 2.05) is 0 Å². The van der Waals surface area contributed by atoms with Crippen LogP contribution in [0.3, 0.4) is 0 Å². The van der Waals surface area contributed by atoms with E-state index < -0.39 is 12.3 Å². The van der Waals surface area contributed by atoms with E-state index in [2.05, 4.69) is 10.7 Å². The van der Waals surface area contributed by atoms with Crippen molar-refractivity contribution in [2.75, 3.05) is 0 Å². The SMILES string of the molecule is CC(O)C(N)ON. The topological polar surface area (TPSA) is 81.5 Å². The molecular weight excluding hydrogens is 96.0 g/mol. The molecule has 4 heteroatoms. The maximum atomic E-state index is 8.49. The van der Waals surface area contributed by atoms with Gasteiger partial charge in [0.25, 0.3) is 0 Å². The van der Waals surface area contributed by atoms with E-state index in [0.717, 1.165) is 0 Å². The largest absolute Gasteiger partial charge is 0.389 e. The molecule has 0 saturated carbocycles. The molecule has 4 nitrogen and oxygen atoms in total. The van der Waals surface area contributed by atoms with Crippen LogP contribution in [0.15, 0.2) is 0 Å². The highest BCUT2D eigenvalue weighted by Crippen LogP contribution is 1.83. The number of rotatable bonds is 2. The minimum Gasteiger partial charge on any atom is -0.389 e. The zero-order valence-corrected chi connectivity index (χ0v) is 4.16. The summed E-state index contributed by atoms with van der Waals surface area (Å²) in [6.45, 7) is 1.50. The van der Waals surface area contributed by atoms with Crippen LogP contribution in [0.2, 0.25) is 0 Å². The zero-order valence-electron chi connectivity index (χ0n) is 4.16. The van der Waals surface area contributed by atoms with Crippen LogP contribution in [0.5, 0.6) is 0 Å². The smallest absolute Gasteiger partial charge is 0.152 e. The molecule has 0 spiro atoms. The summed E-state index contributed by atoms with van der Waals surface area (Å²) in [5.41, 5.74) is 5.02. The Balaban J connectivity index is 3.14. The first-order chi connectivity index (χ1) is 3.18. The second-order valence-corrected chi connectivity index (χ2v) is 1.34. The van der Waals surface area contributed by atoms with E-state index in [-0.39, 0.29) is 0 Å². The van der Waals surface area contributed by atoms with Gasteiger partial charge in [-0.3, -0.25) is 4.84 Å². The Morgan fingerprint density at radius 3 is 2.14 bits per heavy atom. The van der Waals surface area contributed by atoms with Gasteiger partial charge in [-0.2, -0.15) is 0 Å². The van der Waals surface area contributed by atoms with Crippen LogP contribution in [0.1, 0.15) is 6.92 Å². The Bertz CT molecular complexity index is 48.2. The maximum absolute atomic E-state index is 8.49. The minimum absolute atomic E-state index is 0.704. The number of aliphatic hydroxyl groups is 1. The van der Waals surface area contributed by atoms with Crippen LogP contribution in [0.4, 0.5) is 0 Å². The lowest BCUT2D eigenvalue weighted by atomic mass is 10.4. The van der Waals surface area contributed by atoms with Gasteiger partial charge in [0, 0.05) is 0 Å².